The molecule has 2 amide bonds. The first-order chi connectivity index (χ1) is 12.5. The fraction of sp³-hybridized carbons (Fsp3) is 0.350. The number of carbonyl (C=O) groups excluding carboxylic acids is 2. The van der Waals surface area contributed by atoms with Gasteiger partial charge in [0.1, 0.15) is 5.82 Å². The van der Waals surface area contributed by atoms with Crippen LogP contribution < -0.4 is 15.5 Å². The van der Waals surface area contributed by atoms with Crippen LogP contribution in [0.25, 0.3) is 0 Å². The summed E-state index contributed by atoms with van der Waals surface area (Å²) in [6.45, 7) is 7.64. The molecule has 0 unspecified atom stereocenters. The molecule has 0 spiro atoms. The molecule has 0 fully saturated rings. The highest BCUT2D eigenvalue weighted by atomic mass is 16.2. The molecule has 0 bridgehead atoms. The Morgan fingerprint density at radius 2 is 1.50 bits per heavy atom. The Balaban J connectivity index is 2.02. The average Bonchev–Trinajstić information content (AvgIpc) is 2.63. The number of benzene rings is 1. The highest BCUT2D eigenvalue weighted by Crippen LogP contribution is 2.16. The second-order valence-electron chi connectivity index (χ2n) is 6.10. The maximum absolute atomic E-state index is 12.4. The van der Waals surface area contributed by atoms with Gasteiger partial charge in [0.15, 0.2) is 0 Å². The van der Waals surface area contributed by atoms with Gasteiger partial charge in [-0.05, 0) is 49.2 Å². The highest BCUT2D eigenvalue weighted by Gasteiger charge is 2.10. The van der Waals surface area contributed by atoms with E-state index in [1.807, 2.05) is 6.07 Å². The van der Waals surface area contributed by atoms with E-state index in [9.17, 15) is 9.59 Å². The largest absolute Gasteiger partial charge is 0.357 e. The van der Waals surface area contributed by atoms with E-state index in [-0.39, 0.29) is 11.8 Å². The average molecular weight is 354 g/mol. The standard InChI is InChI=1S/C20H26N4O2/c1-4-12-24(13-5-2)19-11-6-16(14-21-19)20(26)23-18-9-7-17(8-10-18)22-15(3)25/h6-11,14H,4-5,12-13H2,1-3H3,(H,22,25)(H,23,26). The lowest BCUT2D eigenvalue weighted by Crippen LogP contribution is -2.26. The monoisotopic (exact) mass is 354 g/mol. The van der Waals surface area contributed by atoms with Gasteiger partial charge in [-0.15, -0.1) is 0 Å². The van der Waals surface area contributed by atoms with E-state index < -0.39 is 0 Å². The third-order valence-electron chi connectivity index (χ3n) is 3.78. The van der Waals surface area contributed by atoms with E-state index in [1.54, 1.807) is 36.5 Å². The lowest BCUT2D eigenvalue weighted by Gasteiger charge is -2.22. The molecular weight excluding hydrogens is 328 g/mol. The van der Waals surface area contributed by atoms with Crippen molar-refractivity contribution in [3.05, 3.63) is 48.2 Å². The van der Waals surface area contributed by atoms with Crippen LogP contribution in [0.4, 0.5) is 17.2 Å². The van der Waals surface area contributed by atoms with Crippen molar-refractivity contribution in [1.29, 1.82) is 0 Å². The molecule has 0 aliphatic carbocycles. The molecule has 1 aromatic carbocycles. The topological polar surface area (TPSA) is 74.3 Å². The maximum Gasteiger partial charge on any atom is 0.257 e. The molecule has 1 aromatic heterocycles. The summed E-state index contributed by atoms with van der Waals surface area (Å²) in [4.78, 5) is 30.1. The number of pyridine rings is 1. The molecule has 2 N–H and O–H groups in total. The molecule has 0 radical (unpaired) electrons. The molecule has 0 saturated carbocycles. The molecule has 2 rings (SSSR count). The predicted molar refractivity (Wildman–Crippen MR) is 106 cm³/mol. The predicted octanol–water partition coefficient (Wildman–Crippen LogP) is 3.92. The van der Waals surface area contributed by atoms with Gasteiger partial charge in [0.2, 0.25) is 5.91 Å². The number of hydrogen-bond acceptors (Lipinski definition) is 4. The van der Waals surface area contributed by atoms with Gasteiger partial charge in [-0.1, -0.05) is 13.8 Å². The van der Waals surface area contributed by atoms with Crippen molar-refractivity contribution < 1.29 is 9.59 Å². The van der Waals surface area contributed by atoms with Crippen LogP contribution in [0, 0.1) is 0 Å². The summed E-state index contributed by atoms with van der Waals surface area (Å²) < 4.78 is 0. The van der Waals surface area contributed by atoms with Crippen LogP contribution in [-0.4, -0.2) is 29.9 Å². The van der Waals surface area contributed by atoms with Crippen LogP contribution in [0.2, 0.25) is 0 Å². The van der Waals surface area contributed by atoms with Crippen molar-refractivity contribution >= 4 is 29.0 Å². The van der Waals surface area contributed by atoms with E-state index >= 15 is 0 Å². The van der Waals surface area contributed by atoms with Gasteiger partial charge in [-0.3, -0.25) is 9.59 Å². The van der Waals surface area contributed by atoms with Gasteiger partial charge in [0.05, 0.1) is 5.56 Å². The molecule has 0 saturated heterocycles. The molecule has 138 valence electrons. The number of rotatable bonds is 8. The summed E-state index contributed by atoms with van der Waals surface area (Å²) >= 11 is 0. The second-order valence-corrected chi connectivity index (χ2v) is 6.10. The summed E-state index contributed by atoms with van der Waals surface area (Å²) in [6, 6.07) is 10.7. The Bertz CT molecular complexity index is 720. The number of nitrogens with zero attached hydrogens (tertiary/aromatic N) is 2. The number of hydrogen-bond donors (Lipinski definition) is 2. The molecule has 0 aliphatic rings. The number of aromatic nitrogens is 1. The zero-order valence-electron chi connectivity index (χ0n) is 15.6. The van der Waals surface area contributed by atoms with Crippen LogP contribution in [-0.2, 0) is 4.79 Å². The number of carbonyl (C=O) groups is 2. The van der Waals surface area contributed by atoms with Crippen molar-refractivity contribution in [2.75, 3.05) is 28.6 Å². The molecule has 6 nitrogen and oxygen atoms in total. The van der Waals surface area contributed by atoms with Crippen molar-refractivity contribution in [3.8, 4) is 0 Å². The minimum atomic E-state index is -0.214. The number of anilines is 3. The highest BCUT2D eigenvalue weighted by molar-refractivity contribution is 6.04. The van der Waals surface area contributed by atoms with E-state index in [4.69, 9.17) is 0 Å². The number of nitrogens with one attached hydrogen (secondary N) is 2. The van der Waals surface area contributed by atoms with Crippen molar-refractivity contribution in [1.82, 2.24) is 4.98 Å². The Kier molecular flexibility index (Phi) is 7.14. The quantitative estimate of drug-likeness (QED) is 0.753. The second kappa shape index (κ2) is 9.56. The van der Waals surface area contributed by atoms with Crippen LogP contribution in [0.5, 0.6) is 0 Å². The van der Waals surface area contributed by atoms with Gasteiger partial charge < -0.3 is 15.5 Å². The SMILES string of the molecule is CCCN(CCC)c1ccc(C(=O)Nc2ccc(NC(C)=O)cc2)cn1. The van der Waals surface area contributed by atoms with Gasteiger partial charge in [-0.2, -0.15) is 0 Å². The van der Waals surface area contributed by atoms with Crippen molar-refractivity contribution in [2.45, 2.75) is 33.6 Å². The van der Waals surface area contributed by atoms with E-state index in [1.165, 1.54) is 6.92 Å². The van der Waals surface area contributed by atoms with E-state index in [2.05, 4.69) is 34.4 Å². The smallest absolute Gasteiger partial charge is 0.257 e. The summed E-state index contributed by atoms with van der Waals surface area (Å²) in [6.07, 6.45) is 3.71. The minimum Gasteiger partial charge on any atom is -0.357 e. The fourth-order valence-electron chi connectivity index (χ4n) is 2.63. The minimum absolute atomic E-state index is 0.131. The molecule has 0 atom stereocenters. The van der Waals surface area contributed by atoms with E-state index in [0.717, 1.165) is 31.7 Å². The lowest BCUT2D eigenvalue weighted by molar-refractivity contribution is -0.114. The van der Waals surface area contributed by atoms with Gasteiger partial charge in [0.25, 0.3) is 5.91 Å². The first-order valence-corrected chi connectivity index (χ1v) is 8.93. The summed E-state index contributed by atoms with van der Waals surface area (Å²) in [5.74, 6) is 0.548. The normalized spacial score (nSPS) is 10.3. The molecular formula is C20H26N4O2. The first-order valence-electron chi connectivity index (χ1n) is 8.93. The maximum atomic E-state index is 12.4. The van der Waals surface area contributed by atoms with Gasteiger partial charge in [-0.25, -0.2) is 4.98 Å². The molecule has 6 heteroatoms. The Labute approximate surface area is 154 Å². The van der Waals surface area contributed by atoms with E-state index in [0.29, 0.717) is 16.9 Å². The Hall–Kier alpha value is -2.89. The number of amides is 2. The van der Waals surface area contributed by atoms with Crippen LogP contribution in [0.3, 0.4) is 0 Å². The third-order valence-corrected chi connectivity index (χ3v) is 3.78. The fourth-order valence-corrected chi connectivity index (χ4v) is 2.63. The van der Waals surface area contributed by atoms with Crippen LogP contribution >= 0.6 is 0 Å². The third kappa shape index (κ3) is 5.58. The summed E-state index contributed by atoms with van der Waals surface area (Å²) in [5, 5.41) is 5.52. The van der Waals surface area contributed by atoms with Gasteiger partial charge >= 0.3 is 0 Å². The zero-order chi connectivity index (χ0) is 18.9. The van der Waals surface area contributed by atoms with Gasteiger partial charge in [0, 0.05) is 37.6 Å². The molecule has 26 heavy (non-hydrogen) atoms. The van der Waals surface area contributed by atoms with Crippen LogP contribution in [0.1, 0.15) is 44.0 Å². The van der Waals surface area contributed by atoms with Crippen LogP contribution in [0.15, 0.2) is 42.6 Å². The molecule has 0 aliphatic heterocycles. The zero-order valence-corrected chi connectivity index (χ0v) is 15.6. The summed E-state index contributed by atoms with van der Waals surface area (Å²) in [5.41, 5.74) is 1.85. The molecule has 1 heterocycles. The summed E-state index contributed by atoms with van der Waals surface area (Å²) in [7, 11) is 0. The Morgan fingerprint density at radius 1 is 0.923 bits per heavy atom. The molecule has 2 aromatic rings. The Morgan fingerprint density at radius 3 is 1.96 bits per heavy atom. The van der Waals surface area contributed by atoms with Crippen molar-refractivity contribution in [3.63, 3.8) is 0 Å². The lowest BCUT2D eigenvalue weighted by atomic mass is 10.2. The van der Waals surface area contributed by atoms with Crippen molar-refractivity contribution in [2.24, 2.45) is 0 Å². The first kappa shape index (κ1) is 19.4.